The first kappa shape index (κ1) is 19.0. The number of primary amides is 1. The van der Waals surface area contributed by atoms with E-state index in [-0.39, 0.29) is 23.6 Å². The lowest BCUT2D eigenvalue weighted by atomic mass is 9.95. The van der Waals surface area contributed by atoms with Crippen LogP contribution in [0.1, 0.15) is 36.0 Å². The van der Waals surface area contributed by atoms with Crippen LogP contribution in [0.25, 0.3) is 0 Å². The van der Waals surface area contributed by atoms with E-state index in [2.05, 4.69) is 0 Å². The molecule has 8 heteroatoms. The molecule has 1 atom stereocenters. The molecule has 3 rings (SSSR count). The molecule has 0 aliphatic carbocycles. The number of rotatable bonds is 3. The van der Waals surface area contributed by atoms with Crippen molar-refractivity contribution in [2.45, 2.75) is 31.7 Å². The molecule has 6 nitrogen and oxygen atoms in total. The maximum atomic E-state index is 12.9. The van der Waals surface area contributed by atoms with Crippen LogP contribution in [0, 0.1) is 5.92 Å². The molecule has 2 heterocycles. The summed E-state index contributed by atoms with van der Waals surface area (Å²) in [5, 5.41) is 0.771. The molecule has 1 aromatic carbocycles. The molecule has 2 aliphatic rings. The third kappa shape index (κ3) is 3.96. The monoisotopic (exact) mass is 397 g/mol. The molecule has 140 valence electrons. The van der Waals surface area contributed by atoms with E-state index in [0.717, 1.165) is 6.42 Å². The van der Waals surface area contributed by atoms with Gasteiger partial charge < -0.3 is 15.5 Å². The Morgan fingerprint density at radius 1 is 0.962 bits per heavy atom. The highest BCUT2D eigenvalue weighted by atomic mass is 35.5. The van der Waals surface area contributed by atoms with E-state index in [9.17, 15) is 14.4 Å². The fraction of sp³-hybridized carbons (Fsp3) is 0.500. The quantitative estimate of drug-likeness (QED) is 0.848. The molecule has 2 aliphatic heterocycles. The molecule has 0 saturated carbocycles. The number of benzene rings is 1. The second-order valence-corrected chi connectivity index (χ2v) is 7.69. The van der Waals surface area contributed by atoms with Gasteiger partial charge in [-0.25, -0.2) is 0 Å². The van der Waals surface area contributed by atoms with E-state index < -0.39 is 6.04 Å². The minimum atomic E-state index is -0.481. The van der Waals surface area contributed by atoms with Crippen molar-refractivity contribution in [1.82, 2.24) is 9.80 Å². The van der Waals surface area contributed by atoms with Gasteiger partial charge in [0.1, 0.15) is 6.04 Å². The van der Waals surface area contributed by atoms with E-state index in [0.29, 0.717) is 54.5 Å². The minimum absolute atomic E-state index is 0.0631. The lowest BCUT2D eigenvalue weighted by Crippen LogP contribution is -2.50. The Labute approximate surface area is 162 Å². The number of nitrogens with two attached hydrogens (primary N) is 1. The lowest BCUT2D eigenvalue weighted by molar-refractivity contribution is -0.138. The Balaban J connectivity index is 1.70. The molecule has 0 unspecified atom stereocenters. The number of amides is 3. The molecular formula is C18H21Cl2N3O3. The summed E-state index contributed by atoms with van der Waals surface area (Å²) in [6, 6.07) is 4.21. The number of halogens is 2. The van der Waals surface area contributed by atoms with E-state index in [1.165, 1.54) is 0 Å². The van der Waals surface area contributed by atoms with E-state index in [1.54, 1.807) is 28.0 Å². The summed E-state index contributed by atoms with van der Waals surface area (Å²) >= 11 is 12.0. The molecule has 2 fully saturated rings. The van der Waals surface area contributed by atoms with Crippen molar-refractivity contribution in [2.24, 2.45) is 11.7 Å². The fourth-order valence-electron chi connectivity index (χ4n) is 3.70. The first-order valence-electron chi connectivity index (χ1n) is 8.72. The number of nitrogens with zero attached hydrogens (tertiary/aromatic N) is 2. The zero-order chi connectivity index (χ0) is 18.8. The van der Waals surface area contributed by atoms with Gasteiger partial charge in [0, 0.05) is 41.2 Å². The van der Waals surface area contributed by atoms with Gasteiger partial charge in [0.25, 0.3) is 5.91 Å². The van der Waals surface area contributed by atoms with Crippen LogP contribution in [0.4, 0.5) is 0 Å². The maximum Gasteiger partial charge on any atom is 0.254 e. The average molecular weight is 398 g/mol. The molecule has 0 radical (unpaired) electrons. The number of piperidine rings is 1. The largest absolute Gasteiger partial charge is 0.369 e. The standard InChI is InChI=1S/C18H21Cl2N3O3/c19-13-8-12(9-14(20)10-13)17(25)23-5-1-2-15(23)18(26)22-6-3-11(4-7-22)16(21)24/h8-11,15H,1-7H2,(H2,21,24)/t15-/m0/s1. The summed E-state index contributed by atoms with van der Waals surface area (Å²) < 4.78 is 0. The van der Waals surface area contributed by atoms with Crippen LogP contribution < -0.4 is 5.73 Å². The summed E-state index contributed by atoms with van der Waals surface area (Å²) in [7, 11) is 0. The molecule has 0 spiro atoms. The van der Waals surface area contributed by atoms with Gasteiger partial charge in [-0.1, -0.05) is 23.2 Å². The first-order valence-corrected chi connectivity index (χ1v) is 9.47. The highest BCUT2D eigenvalue weighted by Crippen LogP contribution is 2.27. The SMILES string of the molecule is NC(=O)C1CCN(C(=O)[C@@H]2CCCN2C(=O)c2cc(Cl)cc(Cl)c2)CC1. The topological polar surface area (TPSA) is 83.7 Å². The third-order valence-electron chi connectivity index (χ3n) is 5.12. The number of likely N-dealkylation sites (tertiary alicyclic amines) is 2. The van der Waals surface area contributed by atoms with Gasteiger partial charge in [0.2, 0.25) is 11.8 Å². The summed E-state index contributed by atoms with van der Waals surface area (Å²) in [4.78, 5) is 40.4. The van der Waals surface area contributed by atoms with Crippen molar-refractivity contribution < 1.29 is 14.4 Å². The normalized spacial score (nSPS) is 21.1. The molecule has 26 heavy (non-hydrogen) atoms. The van der Waals surface area contributed by atoms with Crippen molar-refractivity contribution in [2.75, 3.05) is 19.6 Å². The predicted molar refractivity (Wildman–Crippen MR) is 99.0 cm³/mol. The molecule has 2 saturated heterocycles. The molecule has 3 amide bonds. The number of hydrogen-bond acceptors (Lipinski definition) is 3. The van der Waals surface area contributed by atoms with Crippen molar-refractivity contribution in [3.05, 3.63) is 33.8 Å². The van der Waals surface area contributed by atoms with Gasteiger partial charge in [-0.2, -0.15) is 0 Å². The van der Waals surface area contributed by atoms with Crippen LogP contribution in [0.5, 0.6) is 0 Å². The molecular weight excluding hydrogens is 377 g/mol. The Bertz CT molecular complexity index is 712. The van der Waals surface area contributed by atoms with Crippen LogP contribution in [0.3, 0.4) is 0 Å². The van der Waals surface area contributed by atoms with Crippen LogP contribution in [-0.2, 0) is 9.59 Å². The van der Waals surface area contributed by atoms with Crippen LogP contribution in [0.2, 0.25) is 10.0 Å². The lowest BCUT2D eigenvalue weighted by Gasteiger charge is -2.34. The predicted octanol–water partition coefficient (Wildman–Crippen LogP) is 2.32. The van der Waals surface area contributed by atoms with E-state index >= 15 is 0 Å². The Hall–Kier alpha value is -1.79. The highest BCUT2D eigenvalue weighted by molar-refractivity contribution is 6.35. The zero-order valence-corrected chi connectivity index (χ0v) is 15.8. The van der Waals surface area contributed by atoms with Crippen LogP contribution in [0.15, 0.2) is 18.2 Å². The second kappa shape index (κ2) is 7.84. The number of carbonyl (C=O) groups excluding carboxylic acids is 3. The van der Waals surface area contributed by atoms with Crippen molar-refractivity contribution in [3.63, 3.8) is 0 Å². The second-order valence-electron chi connectivity index (χ2n) is 6.82. The van der Waals surface area contributed by atoms with Gasteiger partial charge in [-0.05, 0) is 43.9 Å². The third-order valence-corrected chi connectivity index (χ3v) is 5.55. The summed E-state index contributed by atoms with van der Waals surface area (Å²) in [6.07, 6.45) is 2.56. The molecule has 1 aromatic rings. The average Bonchev–Trinajstić information content (AvgIpc) is 3.09. The van der Waals surface area contributed by atoms with Crippen molar-refractivity contribution in [3.8, 4) is 0 Å². The first-order chi connectivity index (χ1) is 12.4. The summed E-state index contributed by atoms with van der Waals surface area (Å²) in [6.45, 7) is 1.51. The Morgan fingerprint density at radius 3 is 2.15 bits per heavy atom. The summed E-state index contributed by atoms with van der Waals surface area (Å²) in [5.74, 6) is -0.786. The van der Waals surface area contributed by atoms with Gasteiger partial charge in [-0.15, -0.1) is 0 Å². The molecule has 2 N–H and O–H groups in total. The van der Waals surface area contributed by atoms with Gasteiger partial charge in [0.15, 0.2) is 0 Å². The van der Waals surface area contributed by atoms with Gasteiger partial charge in [-0.3, -0.25) is 14.4 Å². The number of carbonyl (C=O) groups is 3. The smallest absolute Gasteiger partial charge is 0.254 e. The molecule has 0 aromatic heterocycles. The van der Waals surface area contributed by atoms with Gasteiger partial charge in [0.05, 0.1) is 0 Å². The van der Waals surface area contributed by atoms with E-state index in [1.807, 2.05) is 0 Å². The minimum Gasteiger partial charge on any atom is -0.369 e. The maximum absolute atomic E-state index is 12.9. The van der Waals surface area contributed by atoms with Gasteiger partial charge >= 0.3 is 0 Å². The molecule has 0 bridgehead atoms. The summed E-state index contributed by atoms with van der Waals surface area (Å²) in [5.41, 5.74) is 5.73. The van der Waals surface area contributed by atoms with Crippen molar-refractivity contribution >= 4 is 40.9 Å². The Morgan fingerprint density at radius 2 is 1.58 bits per heavy atom. The fourth-order valence-corrected chi connectivity index (χ4v) is 4.23. The zero-order valence-electron chi connectivity index (χ0n) is 14.3. The van der Waals surface area contributed by atoms with Crippen molar-refractivity contribution in [1.29, 1.82) is 0 Å². The number of hydrogen-bond donors (Lipinski definition) is 1. The van der Waals surface area contributed by atoms with Crippen LogP contribution in [-0.4, -0.2) is 53.2 Å². The van der Waals surface area contributed by atoms with Crippen LogP contribution >= 0.6 is 23.2 Å². The highest BCUT2D eigenvalue weighted by Gasteiger charge is 2.38. The Kier molecular flexibility index (Phi) is 5.73. The van der Waals surface area contributed by atoms with E-state index in [4.69, 9.17) is 28.9 Å².